The number of aromatic amines is 1. The van der Waals surface area contributed by atoms with Crippen LogP contribution in [0.15, 0.2) is 23.0 Å². The van der Waals surface area contributed by atoms with Crippen LogP contribution in [0.4, 0.5) is 5.69 Å². The Bertz CT molecular complexity index is 749. The maximum Gasteiger partial charge on any atom is 0.358 e. The van der Waals surface area contributed by atoms with E-state index in [1.54, 1.807) is 0 Å². The van der Waals surface area contributed by atoms with Crippen molar-refractivity contribution < 1.29 is 19.6 Å². The third-order valence-electron chi connectivity index (χ3n) is 2.58. The SMILES string of the molecule is COC(=O)c1[nH]c(=O)c2cc([N+](=O)[O-])ccc2c1O. The first-order valence-electron chi connectivity index (χ1n) is 5.07. The Morgan fingerprint density at radius 2 is 2.11 bits per heavy atom. The number of nitro groups is 1. The van der Waals surface area contributed by atoms with Crippen molar-refractivity contribution in [2.75, 3.05) is 7.11 Å². The minimum atomic E-state index is -0.908. The number of hydrogen-bond acceptors (Lipinski definition) is 6. The molecule has 0 saturated heterocycles. The van der Waals surface area contributed by atoms with Crippen LogP contribution in [-0.4, -0.2) is 28.1 Å². The molecule has 1 heterocycles. The van der Waals surface area contributed by atoms with Gasteiger partial charge in [-0.3, -0.25) is 14.9 Å². The molecule has 98 valence electrons. The van der Waals surface area contributed by atoms with E-state index in [1.165, 1.54) is 6.07 Å². The van der Waals surface area contributed by atoms with Gasteiger partial charge in [0.1, 0.15) is 0 Å². The van der Waals surface area contributed by atoms with Gasteiger partial charge in [-0.05, 0) is 6.07 Å². The molecule has 0 spiro atoms. The molecular weight excluding hydrogens is 256 g/mol. The number of rotatable bonds is 2. The summed E-state index contributed by atoms with van der Waals surface area (Å²) in [7, 11) is 1.10. The van der Waals surface area contributed by atoms with Gasteiger partial charge in [-0.15, -0.1) is 0 Å². The second-order valence-corrected chi connectivity index (χ2v) is 3.66. The summed E-state index contributed by atoms with van der Waals surface area (Å²) >= 11 is 0. The number of H-pyrrole nitrogens is 1. The number of hydrogen-bond donors (Lipinski definition) is 2. The molecule has 0 unspecified atom stereocenters. The quantitative estimate of drug-likeness (QED) is 0.472. The largest absolute Gasteiger partial charge is 0.505 e. The molecular formula is C11H8N2O6. The zero-order valence-electron chi connectivity index (χ0n) is 9.67. The Labute approximate surface area is 105 Å². The molecule has 0 aliphatic carbocycles. The van der Waals surface area contributed by atoms with Gasteiger partial charge in [0.2, 0.25) is 0 Å². The Hall–Kier alpha value is -2.90. The van der Waals surface area contributed by atoms with Crippen LogP contribution in [0, 0.1) is 10.1 Å². The summed E-state index contributed by atoms with van der Waals surface area (Å²) < 4.78 is 4.41. The highest BCUT2D eigenvalue weighted by Gasteiger charge is 2.19. The lowest BCUT2D eigenvalue weighted by Gasteiger charge is -2.05. The van der Waals surface area contributed by atoms with E-state index < -0.39 is 27.9 Å². The van der Waals surface area contributed by atoms with E-state index in [1.807, 2.05) is 0 Å². The molecule has 2 N–H and O–H groups in total. The summed E-state index contributed by atoms with van der Waals surface area (Å²) in [5.74, 6) is -1.40. The van der Waals surface area contributed by atoms with Crippen molar-refractivity contribution in [2.45, 2.75) is 0 Å². The molecule has 0 aliphatic heterocycles. The van der Waals surface area contributed by atoms with Crippen molar-refractivity contribution in [3.05, 3.63) is 44.4 Å². The zero-order valence-corrected chi connectivity index (χ0v) is 9.67. The van der Waals surface area contributed by atoms with Crippen molar-refractivity contribution in [1.82, 2.24) is 4.98 Å². The van der Waals surface area contributed by atoms with Crippen molar-refractivity contribution >= 4 is 22.4 Å². The van der Waals surface area contributed by atoms with Crippen molar-refractivity contribution in [2.24, 2.45) is 0 Å². The summed E-state index contributed by atoms with van der Waals surface area (Å²) in [6.07, 6.45) is 0. The van der Waals surface area contributed by atoms with Crippen LogP contribution in [0.2, 0.25) is 0 Å². The fourth-order valence-corrected chi connectivity index (χ4v) is 1.66. The Balaban J connectivity index is 2.81. The molecule has 1 aromatic heterocycles. The van der Waals surface area contributed by atoms with E-state index in [-0.39, 0.29) is 16.5 Å². The molecule has 0 saturated carbocycles. The number of nitro benzene ring substituents is 1. The van der Waals surface area contributed by atoms with E-state index in [0.717, 1.165) is 19.2 Å². The number of carbonyl (C=O) groups excluding carboxylic acids is 1. The summed E-state index contributed by atoms with van der Waals surface area (Å²) in [4.78, 5) is 35.2. The standard InChI is InChI=1S/C11H8N2O6/c1-19-11(16)8-9(14)6-3-2-5(13(17)18)4-7(6)10(15)12-8/h2-4,14H,1H3,(H,12,15). The van der Waals surface area contributed by atoms with E-state index in [4.69, 9.17) is 0 Å². The zero-order chi connectivity index (χ0) is 14.2. The Morgan fingerprint density at radius 1 is 1.42 bits per heavy atom. The minimum absolute atomic E-state index is 0.0368. The summed E-state index contributed by atoms with van der Waals surface area (Å²) in [5, 5.41) is 20.4. The summed E-state index contributed by atoms with van der Waals surface area (Å²) in [6, 6.07) is 3.35. The number of nitrogens with one attached hydrogen (secondary N) is 1. The predicted molar refractivity (Wildman–Crippen MR) is 64.2 cm³/mol. The number of benzene rings is 1. The molecule has 0 aliphatic rings. The van der Waals surface area contributed by atoms with Crippen LogP contribution in [0.1, 0.15) is 10.5 Å². The van der Waals surface area contributed by atoms with Gasteiger partial charge in [0, 0.05) is 17.5 Å². The number of carbonyl (C=O) groups is 1. The monoisotopic (exact) mass is 264 g/mol. The molecule has 0 radical (unpaired) electrons. The number of esters is 1. The van der Waals surface area contributed by atoms with E-state index >= 15 is 0 Å². The molecule has 8 nitrogen and oxygen atoms in total. The molecule has 1 aromatic carbocycles. The van der Waals surface area contributed by atoms with Gasteiger partial charge in [-0.25, -0.2) is 4.79 Å². The Kier molecular flexibility index (Phi) is 2.91. The van der Waals surface area contributed by atoms with Gasteiger partial charge in [-0.2, -0.15) is 0 Å². The summed E-state index contributed by atoms with van der Waals surface area (Å²) in [6.45, 7) is 0. The molecule has 0 fully saturated rings. The fraction of sp³-hybridized carbons (Fsp3) is 0.0909. The maximum absolute atomic E-state index is 11.7. The number of nitrogens with zero attached hydrogens (tertiary/aromatic N) is 1. The van der Waals surface area contributed by atoms with Crippen LogP contribution in [0.25, 0.3) is 10.8 Å². The van der Waals surface area contributed by atoms with Gasteiger partial charge >= 0.3 is 5.97 Å². The van der Waals surface area contributed by atoms with Gasteiger partial charge in [0.15, 0.2) is 11.4 Å². The molecule has 0 bridgehead atoms. The lowest BCUT2D eigenvalue weighted by Crippen LogP contribution is -2.15. The van der Waals surface area contributed by atoms with Crippen molar-refractivity contribution in [3.8, 4) is 5.75 Å². The number of fused-ring (bicyclic) bond motifs is 1. The second-order valence-electron chi connectivity index (χ2n) is 3.66. The topological polar surface area (TPSA) is 123 Å². The van der Waals surface area contributed by atoms with Gasteiger partial charge in [0.05, 0.1) is 17.4 Å². The predicted octanol–water partition coefficient (Wildman–Crippen LogP) is 0.928. The number of methoxy groups -OCH3 is 1. The number of aromatic nitrogens is 1. The van der Waals surface area contributed by atoms with Crippen LogP contribution in [-0.2, 0) is 4.74 Å². The highest BCUT2D eigenvalue weighted by molar-refractivity contribution is 5.99. The number of pyridine rings is 1. The summed E-state index contributed by atoms with van der Waals surface area (Å²) in [5.41, 5.74) is -1.41. The highest BCUT2D eigenvalue weighted by atomic mass is 16.6. The average molecular weight is 264 g/mol. The molecule has 19 heavy (non-hydrogen) atoms. The van der Waals surface area contributed by atoms with Crippen LogP contribution < -0.4 is 5.56 Å². The number of ether oxygens (including phenoxy) is 1. The number of aromatic hydroxyl groups is 1. The van der Waals surface area contributed by atoms with Crippen LogP contribution >= 0.6 is 0 Å². The first kappa shape index (κ1) is 12.6. The normalized spacial score (nSPS) is 10.4. The third kappa shape index (κ3) is 1.99. The fourth-order valence-electron chi connectivity index (χ4n) is 1.66. The first-order chi connectivity index (χ1) is 8.95. The van der Waals surface area contributed by atoms with Gasteiger partial charge < -0.3 is 14.8 Å². The molecule has 2 aromatic rings. The van der Waals surface area contributed by atoms with Crippen molar-refractivity contribution in [3.63, 3.8) is 0 Å². The molecule has 2 rings (SSSR count). The Morgan fingerprint density at radius 3 is 2.68 bits per heavy atom. The van der Waals surface area contributed by atoms with Gasteiger partial charge in [-0.1, -0.05) is 0 Å². The smallest absolute Gasteiger partial charge is 0.358 e. The van der Waals surface area contributed by atoms with Crippen LogP contribution in [0.3, 0.4) is 0 Å². The number of non-ortho nitro benzene ring substituents is 1. The lowest BCUT2D eigenvalue weighted by atomic mass is 10.1. The maximum atomic E-state index is 11.7. The van der Waals surface area contributed by atoms with E-state index in [9.17, 15) is 24.8 Å². The average Bonchev–Trinajstić information content (AvgIpc) is 2.41. The second kappa shape index (κ2) is 4.41. The molecule has 8 heteroatoms. The van der Waals surface area contributed by atoms with E-state index in [0.29, 0.717) is 0 Å². The first-order valence-corrected chi connectivity index (χ1v) is 5.07. The molecule has 0 amide bonds. The minimum Gasteiger partial charge on any atom is -0.505 e. The third-order valence-corrected chi connectivity index (χ3v) is 2.58. The van der Waals surface area contributed by atoms with Crippen LogP contribution in [0.5, 0.6) is 5.75 Å². The molecule has 0 atom stereocenters. The van der Waals surface area contributed by atoms with E-state index in [2.05, 4.69) is 9.72 Å². The highest BCUT2D eigenvalue weighted by Crippen LogP contribution is 2.27. The van der Waals surface area contributed by atoms with Gasteiger partial charge in [0.25, 0.3) is 11.2 Å². The lowest BCUT2D eigenvalue weighted by molar-refractivity contribution is -0.384. The van der Waals surface area contributed by atoms with Crippen molar-refractivity contribution in [1.29, 1.82) is 0 Å².